The van der Waals surface area contributed by atoms with Crippen molar-refractivity contribution in [3.63, 3.8) is 0 Å². The van der Waals surface area contributed by atoms with E-state index in [-0.39, 0.29) is 11.3 Å². The van der Waals surface area contributed by atoms with Crippen LogP contribution in [0.25, 0.3) is 10.9 Å². The molecule has 0 aliphatic carbocycles. The number of rotatable bonds is 6. The summed E-state index contributed by atoms with van der Waals surface area (Å²) in [5, 5.41) is 3.30. The zero-order chi connectivity index (χ0) is 21.1. The maximum Gasteiger partial charge on any atom is 0.262 e. The van der Waals surface area contributed by atoms with E-state index in [4.69, 9.17) is 11.6 Å². The molecule has 3 rings (SSSR count). The number of thioether (sulfide) groups is 1. The van der Waals surface area contributed by atoms with E-state index >= 15 is 0 Å². The van der Waals surface area contributed by atoms with Gasteiger partial charge in [0, 0.05) is 11.6 Å². The molecule has 10 heteroatoms. The van der Waals surface area contributed by atoms with Gasteiger partial charge in [-0.3, -0.25) is 14.2 Å². The molecule has 0 spiro atoms. The van der Waals surface area contributed by atoms with Crippen LogP contribution in [0.5, 0.6) is 0 Å². The molecule has 0 unspecified atom stereocenters. The van der Waals surface area contributed by atoms with Crippen molar-refractivity contribution in [3.05, 3.63) is 63.2 Å². The van der Waals surface area contributed by atoms with Gasteiger partial charge in [-0.25, -0.2) is 18.2 Å². The van der Waals surface area contributed by atoms with Crippen LogP contribution in [0, 0.1) is 17.5 Å². The number of amides is 1. The molecule has 5 nitrogen and oxygen atoms in total. The third-order valence-electron chi connectivity index (χ3n) is 3.97. The average Bonchev–Trinajstić information content (AvgIpc) is 2.69. The fourth-order valence-electron chi connectivity index (χ4n) is 2.64. The quantitative estimate of drug-likeness (QED) is 0.345. The van der Waals surface area contributed by atoms with Crippen molar-refractivity contribution in [1.29, 1.82) is 0 Å². The summed E-state index contributed by atoms with van der Waals surface area (Å²) in [6.45, 7) is 2.29. The van der Waals surface area contributed by atoms with Crippen LogP contribution in [0.1, 0.15) is 13.3 Å². The Bertz CT molecular complexity index is 1150. The number of halogens is 4. The molecule has 0 fully saturated rings. The van der Waals surface area contributed by atoms with Crippen LogP contribution in [0.4, 0.5) is 18.9 Å². The normalized spacial score (nSPS) is 11.1. The molecule has 0 saturated heterocycles. The maximum absolute atomic E-state index is 13.7. The fraction of sp³-hybridized carbons (Fsp3) is 0.211. The second-order valence-corrected chi connectivity index (χ2v) is 7.45. The number of carbonyl (C=O) groups is 1. The lowest BCUT2D eigenvalue weighted by Gasteiger charge is -2.12. The lowest BCUT2D eigenvalue weighted by atomic mass is 10.2. The Morgan fingerprint density at radius 1 is 1.21 bits per heavy atom. The van der Waals surface area contributed by atoms with E-state index in [1.807, 2.05) is 6.92 Å². The molecule has 0 radical (unpaired) electrons. The second kappa shape index (κ2) is 8.87. The third kappa shape index (κ3) is 4.56. The fourth-order valence-corrected chi connectivity index (χ4v) is 3.64. The summed E-state index contributed by atoms with van der Waals surface area (Å²) in [5.41, 5.74) is -0.341. The van der Waals surface area contributed by atoms with E-state index < -0.39 is 29.0 Å². The van der Waals surface area contributed by atoms with Crippen LogP contribution in [-0.2, 0) is 11.3 Å². The first-order chi connectivity index (χ1) is 13.8. The van der Waals surface area contributed by atoms with Crippen LogP contribution in [0.3, 0.4) is 0 Å². The standard InChI is InChI=1S/C19H15ClF3N3O2S/c1-2-7-26-18(28)11-4-3-10(20)8-14(11)25-19(26)29-9-15(27)24-13-6-5-12(21)16(22)17(13)23/h3-6,8H,2,7,9H2,1H3,(H,24,27). The van der Waals surface area contributed by atoms with Crippen molar-refractivity contribution < 1.29 is 18.0 Å². The lowest BCUT2D eigenvalue weighted by molar-refractivity contribution is -0.113. The van der Waals surface area contributed by atoms with Crippen LogP contribution in [-0.4, -0.2) is 21.2 Å². The molecule has 0 saturated carbocycles. The highest BCUT2D eigenvalue weighted by Crippen LogP contribution is 2.23. The molecule has 152 valence electrons. The minimum Gasteiger partial charge on any atom is -0.323 e. The molecule has 2 aromatic carbocycles. The smallest absolute Gasteiger partial charge is 0.262 e. The van der Waals surface area contributed by atoms with E-state index in [1.54, 1.807) is 18.2 Å². The van der Waals surface area contributed by atoms with Gasteiger partial charge >= 0.3 is 0 Å². The molecule has 1 heterocycles. The predicted octanol–water partition coefficient (Wildman–Crippen LogP) is 4.61. The van der Waals surface area contributed by atoms with Crippen molar-refractivity contribution in [2.24, 2.45) is 0 Å². The van der Waals surface area contributed by atoms with Gasteiger partial charge in [0.15, 0.2) is 22.6 Å². The Labute approximate surface area is 172 Å². The summed E-state index contributed by atoms with van der Waals surface area (Å²) < 4.78 is 41.4. The Morgan fingerprint density at radius 2 is 1.97 bits per heavy atom. The van der Waals surface area contributed by atoms with E-state index in [9.17, 15) is 22.8 Å². The number of anilines is 1. The van der Waals surface area contributed by atoms with Crippen LogP contribution in [0.2, 0.25) is 5.02 Å². The van der Waals surface area contributed by atoms with Gasteiger partial charge in [-0.1, -0.05) is 30.3 Å². The maximum atomic E-state index is 13.7. The molecule has 0 aliphatic rings. The number of hydrogen-bond acceptors (Lipinski definition) is 4. The number of aromatic nitrogens is 2. The summed E-state index contributed by atoms with van der Waals surface area (Å²) >= 11 is 6.94. The molecule has 0 atom stereocenters. The van der Waals surface area contributed by atoms with E-state index in [0.29, 0.717) is 40.1 Å². The molecule has 1 N–H and O–H groups in total. The van der Waals surface area contributed by atoms with Crippen molar-refractivity contribution in [3.8, 4) is 0 Å². The minimum atomic E-state index is -1.67. The highest BCUT2D eigenvalue weighted by molar-refractivity contribution is 7.99. The molecule has 0 aliphatic heterocycles. The van der Waals surface area contributed by atoms with Gasteiger partial charge in [0.1, 0.15) is 0 Å². The topological polar surface area (TPSA) is 64.0 Å². The Hall–Kier alpha value is -2.52. The molecular formula is C19H15ClF3N3O2S. The SMILES string of the molecule is CCCn1c(SCC(=O)Nc2ccc(F)c(F)c2F)nc2cc(Cl)ccc2c1=O. The van der Waals surface area contributed by atoms with Gasteiger partial charge in [-0.15, -0.1) is 0 Å². The van der Waals surface area contributed by atoms with Gasteiger partial charge < -0.3 is 5.32 Å². The summed E-state index contributed by atoms with van der Waals surface area (Å²) in [6.07, 6.45) is 0.667. The van der Waals surface area contributed by atoms with Gasteiger partial charge in [0.2, 0.25) is 5.91 Å². The van der Waals surface area contributed by atoms with Gasteiger partial charge in [0.25, 0.3) is 5.56 Å². The first-order valence-electron chi connectivity index (χ1n) is 8.58. The first-order valence-corrected chi connectivity index (χ1v) is 9.94. The number of hydrogen-bond donors (Lipinski definition) is 1. The van der Waals surface area contributed by atoms with Gasteiger partial charge in [-0.2, -0.15) is 0 Å². The zero-order valence-corrected chi connectivity index (χ0v) is 16.7. The van der Waals surface area contributed by atoms with Crippen LogP contribution in [0.15, 0.2) is 40.3 Å². The van der Waals surface area contributed by atoms with Gasteiger partial charge in [-0.05, 0) is 36.8 Å². The summed E-state index contributed by atoms with van der Waals surface area (Å²) in [5.74, 6) is -5.38. The van der Waals surface area contributed by atoms with E-state index in [0.717, 1.165) is 17.8 Å². The predicted molar refractivity (Wildman–Crippen MR) is 107 cm³/mol. The summed E-state index contributed by atoms with van der Waals surface area (Å²) in [7, 11) is 0. The van der Waals surface area contributed by atoms with Crippen molar-refractivity contribution in [1.82, 2.24) is 9.55 Å². The number of benzene rings is 2. The first kappa shape index (κ1) is 21.2. The van der Waals surface area contributed by atoms with E-state index in [2.05, 4.69) is 10.3 Å². The van der Waals surface area contributed by atoms with Crippen molar-refractivity contribution >= 4 is 45.9 Å². The monoisotopic (exact) mass is 441 g/mol. The number of carbonyl (C=O) groups excluding carboxylic acids is 1. The Morgan fingerprint density at radius 3 is 2.69 bits per heavy atom. The Kier molecular flexibility index (Phi) is 6.49. The van der Waals surface area contributed by atoms with Gasteiger partial charge in [0.05, 0.1) is 22.3 Å². The highest BCUT2D eigenvalue weighted by atomic mass is 35.5. The highest BCUT2D eigenvalue weighted by Gasteiger charge is 2.17. The molecule has 1 amide bonds. The van der Waals surface area contributed by atoms with Crippen LogP contribution >= 0.6 is 23.4 Å². The number of nitrogens with zero attached hydrogens (tertiary/aromatic N) is 2. The Balaban J connectivity index is 1.84. The number of nitrogens with one attached hydrogen (secondary N) is 1. The molecule has 1 aromatic heterocycles. The van der Waals surface area contributed by atoms with Crippen molar-refractivity contribution in [2.45, 2.75) is 25.0 Å². The van der Waals surface area contributed by atoms with E-state index in [1.165, 1.54) is 4.57 Å². The summed E-state index contributed by atoms with van der Waals surface area (Å²) in [4.78, 5) is 29.3. The van der Waals surface area contributed by atoms with Crippen molar-refractivity contribution in [2.75, 3.05) is 11.1 Å². The number of fused-ring (bicyclic) bond motifs is 1. The third-order valence-corrected chi connectivity index (χ3v) is 5.18. The molecule has 29 heavy (non-hydrogen) atoms. The molecular weight excluding hydrogens is 427 g/mol. The average molecular weight is 442 g/mol. The lowest BCUT2D eigenvalue weighted by Crippen LogP contribution is -2.24. The largest absolute Gasteiger partial charge is 0.323 e. The zero-order valence-electron chi connectivity index (χ0n) is 15.1. The molecule has 0 bridgehead atoms. The molecule has 3 aromatic rings. The summed E-state index contributed by atoms with van der Waals surface area (Å²) in [6, 6.07) is 6.38. The van der Waals surface area contributed by atoms with Crippen LogP contribution < -0.4 is 10.9 Å². The minimum absolute atomic E-state index is 0.222. The second-order valence-electron chi connectivity index (χ2n) is 6.07.